The van der Waals surface area contributed by atoms with Gasteiger partial charge in [0, 0.05) is 42.6 Å². The molecule has 43 heavy (non-hydrogen) atoms. The number of nitrogens with zero attached hydrogens (tertiary/aromatic N) is 5. The predicted octanol–water partition coefficient (Wildman–Crippen LogP) is 5.56. The topological polar surface area (TPSA) is 135 Å². The van der Waals surface area contributed by atoms with E-state index in [4.69, 9.17) is 16.3 Å². The number of H-pyrrole nitrogens is 1. The van der Waals surface area contributed by atoms with E-state index in [0.717, 1.165) is 15.6 Å². The molecule has 4 aromatic rings. The maximum Gasteiger partial charge on any atom is 0.410 e. The van der Waals surface area contributed by atoms with Crippen LogP contribution >= 0.6 is 22.9 Å². The molecule has 0 aliphatic carbocycles. The van der Waals surface area contributed by atoms with Gasteiger partial charge in [-0.25, -0.2) is 19.2 Å². The van der Waals surface area contributed by atoms with Gasteiger partial charge in [0.2, 0.25) is 0 Å². The first-order chi connectivity index (χ1) is 20.3. The number of aromatic nitrogens is 3. The Kier molecular flexibility index (Phi) is 8.75. The van der Waals surface area contributed by atoms with Gasteiger partial charge >= 0.3 is 6.09 Å². The van der Waals surface area contributed by atoms with E-state index in [1.165, 1.54) is 35.2 Å². The molecule has 0 bridgehead atoms. The molecule has 0 radical (unpaired) electrons. The van der Waals surface area contributed by atoms with Crippen molar-refractivity contribution in [3.8, 4) is 0 Å². The molecule has 2 amide bonds. The number of benzene rings is 1. The summed E-state index contributed by atoms with van der Waals surface area (Å²) in [7, 11) is 1.53. The van der Waals surface area contributed by atoms with Crippen LogP contribution in [-0.2, 0) is 20.8 Å². The summed E-state index contributed by atoms with van der Waals surface area (Å²) < 4.78 is 47.2. The molecule has 1 fully saturated rings. The van der Waals surface area contributed by atoms with Gasteiger partial charge in [-0.05, 0) is 69.5 Å². The highest BCUT2D eigenvalue weighted by Gasteiger charge is 2.37. The van der Waals surface area contributed by atoms with Crippen LogP contribution in [0.15, 0.2) is 48.8 Å². The van der Waals surface area contributed by atoms with Crippen molar-refractivity contribution in [3.05, 3.63) is 71.2 Å². The van der Waals surface area contributed by atoms with Gasteiger partial charge in [-0.15, -0.1) is 0 Å². The summed E-state index contributed by atoms with van der Waals surface area (Å²) in [6.07, 6.45) is 3.19. The summed E-state index contributed by atoms with van der Waals surface area (Å²) in [6.45, 7) is 5.44. The normalized spacial score (nSPS) is 17.1. The number of carbonyl (C=O) groups is 2. The van der Waals surface area contributed by atoms with Gasteiger partial charge in [0.05, 0.1) is 5.69 Å². The van der Waals surface area contributed by atoms with Crippen LogP contribution in [-0.4, -0.2) is 65.8 Å². The largest absolute Gasteiger partial charge is 0.755 e. The highest BCUT2D eigenvalue weighted by molar-refractivity contribution is 7.81. The number of hydrogen-bond acceptors (Lipinski definition) is 8. The van der Waals surface area contributed by atoms with E-state index in [2.05, 4.69) is 15.0 Å². The maximum absolute atomic E-state index is 15.8. The molecule has 1 aliphatic rings. The van der Waals surface area contributed by atoms with Crippen LogP contribution in [0.2, 0.25) is 5.15 Å². The van der Waals surface area contributed by atoms with Gasteiger partial charge in [-0.2, -0.15) is 0 Å². The molecule has 5 rings (SSSR count). The van der Waals surface area contributed by atoms with Crippen LogP contribution in [0.3, 0.4) is 0 Å². The number of ether oxygens (including phenoxy) is 1. The molecule has 1 aromatic carbocycles. The number of aromatic amines is 1. The van der Waals surface area contributed by atoms with Gasteiger partial charge in [-0.1, -0.05) is 29.0 Å². The number of imidazole rings is 1. The Hall–Kier alpha value is -3.59. The van der Waals surface area contributed by atoms with Crippen molar-refractivity contribution in [2.24, 2.45) is 0 Å². The molecule has 1 aliphatic heterocycles. The lowest BCUT2D eigenvalue weighted by atomic mass is 10.0. The fourth-order valence-corrected chi connectivity index (χ4v) is 7.06. The molecule has 0 spiro atoms. The number of fused-ring (bicyclic) bond motifs is 1. The number of piperidine rings is 1. The lowest BCUT2D eigenvalue weighted by Crippen LogP contribution is -2.53. The van der Waals surface area contributed by atoms with E-state index >= 15 is 4.39 Å². The Morgan fingerprint density at radius 3 is 2.72 bits per heavy atom. The van der Waals surface area contributed by atoms with Crippen molar-refractivity contribution in [2.45, 2.75) is 51.3 Å². The first kappa shape index (κ1) is 30.9. The zero-order valence-electron chi connectivity index (χ0n) is 23.7. The summed E-state index contributed by atoms with van der Waals surface area (Å²) in [6, 6.07) is 7.36. The Bertz CT molecular complexity index is 1680. The first-order valence-corrected chi connectivity index (χ1v) is 15.6. The van der Waals surface area contributed by atoms with E-state index in [-0.39, 0.29) is 23.8 Å². The van der Waals surface area contributed by atoms with Crippen molar-refractivity contribution >= 4 is 67.1 Å². The lowest BCUT2D eigenvalue weighted by molar-refractivity contribution is -0.120. The quantitative estimate of drug-likeness (QED) is 0.205. The number of nitrogens with one attached hydrogen (secondary N) is 1. The zero-order valence-corrected chi connectivity index (χ0v) is 26.1. The molecule has 1 N–H and O–H groups in total. The second-order valence-corrected chi connectivity index (χ2v) is 13.2. The molecule has 11 nitrogen and oxygen atoms in total. The highest BCUT2D eigenvalue weighted by atomic mass is 35.5. The van der Waals surface area contributed by atoms with Gasteiger partial charge in [0.1, 0.15) is 44.3 Å². The van der Waals surface area contributed by atoms with Gasteiger partial charge in [-0.3, -0.25) is 18.2 Å². The predicted molar refractivity (Wildman–Crippen MR) is 162 cm³/mol. The first-order valence-electron chi connectivity index (χ1n) is 13.3. The number of halogens is 2. The second-order valence-electron chi connectivity index (χ2n) is 11.0. The molecule has 228 valence electrons. The number of carbonyl (C=O) groups excluding carboxylic acids is 2. The third-order valence-corrected chi connectivity index (χ3v) is 8.98. The highest BCUT2D eigenvalue weighted by Crippen LogP contribution is 2.37. The van der Waals surface area contributed by atoms with Gasteiger partial charge in [0.25, 0.3) is 5.91 Å². The van der Waals surface area contributed by atoms with Crippen LogP contribution < -0.4 is 9.21 Å². The fraction of sp³-hybridized carbons (Fsp3) is 0.357. The van der Waals surface area contributed by atoms with Crippen molar-refractivity contribution < 1.29 is 27.5 Å². The number of amides is 2. The number of pyridine rings is 1. The van der Waals surface area contributed by atoms with Crippen LogP contribution in [0.25, 0.3) is 10.2 Å². The minimum Gasteiger partial charge on any atom is -0.755 e. The molecule has 0 saturated carbocycles. The van der Waals surface area contributed by atoms with E-state index in [1.807, 2.05) is 0 Å². The standard InChI is InChI=1S/C28H30ClFN6O5S2/c1-28(2,3)41-27(38)34(4)23(24-31-11-12-32-24)16-7-9-19(18(30)14-16)35-13-5-6-20(26(35)37)36(43(39)40)22-15-17-8-10-21(29)33-25(17)42-22/h7-12,14-15,20,23H,5-6,13H2,1-4H3,(H,31,32)(H,39,40)/p-1. The van der Waals surface area contributed by atoms with Crippen molar-refractivity contribution in [3.63, 3.8) is 0 Å². The SMILES string of the molecule is CN(C(=O)OC(C)(C)C)C(c1ccc(N2CCCC(N(c3cc4ccc(Cl)nc4s3)S(=O)[O-])C2=O)c(F)c1)c1ncc[nH]1. The molecule has 3 unspecified atom stereocenters. The summed E-state index contributed by atoms with van der Waals surface area (Å²) in [5.41, 5.74) is -0.359. The number of thiophene rings is 1. The molecular weight excluding hydrogens is 619 g/mol. The molecule has 3 atom stereocenters. The minimum absolute atomic E-state index is 0.00186. The van der Waals surface area contributed by atoms with Crippen molar-refractivity contribution in [1.82, 2.24) is 19.9 Å². The van der Waals surface area contributed by atoms with Gasteiger partial charge < -0.3 is 19.2 Å². The number of anilines is 2. The maximum atomic E-state index is 15.8. The summed E-state index contributed by atoms with van der Waals surface area (Å²) >= 11 is 4.30. The van der Waals surface area contributed by atoms with E-state index in [1.54, 1.807) is 51.2 Å². The number of rotatable bonds is 7. The van der Waals surface area contributed by atoms with Crippen molar-refractivity contribution in [2.75, 3.05) is 22.8 Å². The smallest absolute Gasteiger partial charge is 0.410 e. The molecule has 3 aromatic heterocycles. The molecular formula is C28H29ClFN6O5S2-. The second kappa shape index (κ2) is 12.2. The van der Waals surface area contributed by atoms with Crippen LogP contribution in [0.5, 0.6) is 0 Å². The number of hydrogen-bond donors (Lipinski definition) is 1. The average molecular weight is 648 g/mol. The van der Waals surface area contributed by atoms with Crippen LogP contribution in [0.4, 0.5) is 19.9 Å². The van der Waals surface area contributed by atoms with Gasteiger partial charge in [0.15, 0.2) is 0 Å². The summed E-state index contributed by atoms with van der Waals surface area (Å²) in [4.78, 5) is 41.2. The Balaban J connectivity index is 1.44. The van der Waals surface area contributed by atoms with E-state index in [0.29, 0.717) is 33.0 Å². The third kappa shape index (κ3) is 6.51. The monoisotopic (exact) mass is 647 g/mol. The van der Waals surface area contributed by atoms with Crippen molar-refractivity contribution in [1.29, 1.82) is 0 Å². The Morgan fingerprint density at radius 1 is 1.30 bits per heavy atom. The van der Waals surface area contributed by atoms with E-state index in [9.17, 15) is 18.4 Å². The Morgan fingerprint density at radius 2 is 2.07 bits per heavy atom. The van der Waals surface area contributed by atoms with Crippen LogP contribution in [0, 0.1) is 5.82 Å². The lowest BCUT2D eigenvalue weighted by Gasteiger charge is -2.39. The summed E-state index contributed by atoms with van der Waals surface area (Å²) in [5.74, 6) is -0.877. The summed E-state index contributed by atoms with van der Waals surface area (Å²) in [5, 5.41) is 1.26. The van der Waals surface area contributed by atoms with E-state index < -0.39 is 46.8 Å². The average Bonchev–Trinajstić information content (AvgIpc) is 3.59. The molecule has 1 saturated heterocycles. The Labute approximate surface area is 259 Å². The van der Waals surface area contributed by atoms with Crippen LogP contribution in [0.1, 0.15) is 51.0 Å². The third-order valence-electron chi connectivity index (χ3n) is 6.83. The molecule has 4 heterocycles. The minimum atomic E-state index is -2.79. The zero-order chi connectivity index (χ0) is 31.1. The fourth-order valence-electron chi connectivity index (χ4n) is 4.98. The molecule has 15 heteroatoms.